The number of carbonyl (C=O) groups excluding carboxylic acids is 1. The van der Waals surface area contributed by atoms with Gasteiger partial charge in [0.15, 0.2) is 9.84 Å². The average Bonchev–Trinajstić information content (AvgIpc) is 2.54. The number of sulfone groups is 1. The molecular formula is C17H16N2O4S. The van der Waals surface area contributed by atoms with Crippen LogP contribution >= 0.6 is 0 Å². The van der Waals surface area contributed by atoms with E-state index in [4.69, 9.17) is 10.00 Å². The van der Waals surface area contributed by atoms with Crippen molar-refractivity contribution in [2.24, 2.45) is 0 Å². The quantitative estimate of drug-likeness (QED) is 0.866. The lowest BCUT2D eigenvalue weighted by molar-refractivity contribution is -0.113. The Labute approximate surface area is 140 Å². The second kappa shape index (κ2) is 7.62. The van der Waals surface area contributed by atoms with E-state index in [1.165, 1.54) is 7.11 Å². The molecule has 0 aliphatic heterocycles. The summed E-state index contributed by atoms with van der Waals surface area (Å²) in [5.74, 6) is -1.26. The van der Waals surface area contributed by atoms with Crippen LogP contribution in [0.4, 0.5) is 5.69 Å². The predicted octanol–water partition coefficient (Wildman–Crippen LogP) is 2.12. The third-order valence-electron chi connectivity index (χ3n) is 3.25. The van der Waals surface area contributed by atoms with Crippen molar-refractivity contribution >= 4 is 21.4 Å². The van der Waals surface area contributed by atoms with Crippen LogP contribution in [-0.4, -0.2) is 27.2 Å². The Morgan fingerprint density at radius 2 is 1.83 bits per heavy atom. The molecule has 0 spiro atoms. The number of amides is 1. The van der Waals surface area contributed by atoms with Gasteiger partial charge in [0.2, 0.25) is 5.91 Å². The fourth-order valence-electron chi connectivity index (χ4n) is 2.18. The smallest absolute Gasteiger partial charge is 0.239 e. The minimum Gasteiger partial charge on any atom is -0.495 e. The number of nitrogens with zero attached hydrogens (tertiary/aromatic N) is 1. The summed E-state index contributed by atoms with van der Waals surface area (Å²) in [6.07, 6.45) is 0. The molecule has 0 aliphatic rings. The number of methoxy groups -OCH3 is 1. The number of para-hydroxylation sites is 2. The topological polar surface area (TPSA) is 96.3 Å². The lowest BCUT2D eigenvalue weighted by Crippen LogP contribution is -2.24. The number of hydrogen-bond donors (Lipinski definition) is 1. The molecule has 1 amide bonds. The second-order valence-electron chi connectivity index (χ2n) is 5.05. The van der Waals surface area contributed by atoms with Gasteiger partial charge in [-0.2, -0.15) is 5.26 Å². The van der Waals surface area contributed by atoms with Crippen LogP contribution in [0.1, 0.15) is 11.1 Å². The highest BCUT2D eigenvalue weighted by Crippen LogP contribution is 2.23. The molecule has 0 aliphatic carbocycles. The summed E-state index contributed by atoms with van der Waals surface area (Å²) in [7, 11) is -2.25. The van der Waals surface area contributed by atoms with E-state index in [-0.39, 0.29) is 11.3 Å². The van der Waals surface area contributed by atoms with Crippen LogP contribution in [0.3, 0.4) is 0 Å². The number of ether oxygens (including phenoxy) is 1. The fraction of sp³-hybridized carbons (Fsp3) is 0.176. The van der Waals surface area contributed by atoms with Crippen LogP contribution in [0.15, 0.2) is 48.5 Å². The zero-order chi connectivity index (χ0) is 17.6. The van der Waals surface area contributed by atoms with E-state index in [1.807, 2.05) is 6.07 Å². The SMILES string of the molecule is COc1ccccc1NC(=O)CS(=O)(=O)Cc1ccccc1C#N. The van der Waals surface area contributed by atoms with Gasteiger partial charge in [0.1, 0.15) is 11.5 Å². The van der Waals surface area contributed by atoms with Gasteiger partial charge in [0.05, 0.1) is 30.2 Å². The minimum atomic E-state index is -3.71. The molecule has 6 nitrogen and oxygen atoms in total. The Morgan fingerprint density at radius 1 is 1.17 bits per heavy atom. The maximum absolute atomic E-state index is 12.2. The van der Waals surface area contributed by atoms with Crippen LogP contribution in [0.5, 0.6) is 5.75 Å². The first-order valence-electron chi connectivity index (χ1n) is 7.06. The van der Waals surface area contributed by atoms with E-state index in [0.717, 1.165) is 0 Å². The van der Waals surface area contributed by atoms with Gasteiger partial charge in [0.25, 0.3) is 0 Å². The zero-order valence-corrected chi connectivity index (χ0v) is 13.8. The minimum absolute atomic E-state index is 0.284. The van der Waals surface area contributed by atoms with Crippen LogP contribution in [0, 0.1) is 11.3 Å². The molecule has 7 heteroatoms. The summed E-state index contributed by atoms with van der Waals surface area (Å²) in [6.45, 7) is 0. The van der Waals surface area contributed by atoms with Gasteiger partial charge in [0, 0.05) is 0 Å². The monoisotopic (exact) mass is 344 g/mol. The summed E-state index contributed by atoms with van der Waals surface area (Å²) in [4.78, 5) is 12.0. The van der Waals surface area contributed by atoms with Crippen LogP contribution in [-0.2, 0) is 20.4 Å². The third kappa shape index (κ3) is 4.57. The normalized spacial score (nSPS) is 10.7. The lowest BCUT2D eigenvalue weighted by Gasteiger charge is -2.10. The second-order valence-corrected chi connectivity index (χ2v) is 7.11. The van der Waals surface area contributed by atoms with E-state index < -0.39 is 21.5 Å². The van der Waals surface area contributed by atoms with Crippen molar-refractivity contribution in [3.63, 3.8) is 0 Å². The fourth-order valence-corrected chi connectivity index (χ4v) is 3.48. The Kier molecular flexibility index (Phi) is 5.55. The summed E-state index contributed by atoms with van der Waals surface area (Å²) >= 11 is 0. The maximum atomic E-state index is 12.2. The molecule has 0 saturated carbocycles. The molecule has 0 aromatic heterocycles. The highest BCUT2D eigenvalue weighted by molar-refractivity contribution is 7.91. The van der Waals surface area contributed by atoms with E-state index in [0.29, 0.717) is 17.0 Å². The van der Waals surface area contributed by atoms with Gasteiger partial charge >= 0.3 is 0 Å². The molecule has 24 heavy (non-hydrogen) atoms. The van der Waals surface area contributed by atoms with Gasteiger partial charge in [-0.1, -0.05) is 30.3 Å². The van der Waals surface area contributed by atoms with Crippen LogP contribution in [0.25, 0.3) is 0 Å². The number of nitrogens with one attached hydrogen (secondary N) is 1. The van der Waals surface area contributed by atoms with Crippen LogP contribution < -0.4 is 10.1 Å². The lowest BCUT2D eigenvalue weighted by atomic mass is 10.1. The molecule has 0 bridgehead atoms. The van der Waals surface area contributed by atoms with Crippen molar-refractivity contribution in [1.82, 2.24) is 0 Å². The number of anilines is 1. The van der Waals surface area contributed by atoms with Crippen molar-refractivity contribution in [3.05, 3.63) is 59.7 Å². The molecule has 124 valence electrons. The van der Waals surface area contributed by atoms with Crippen molar-refractivity contribution in [1.29, 1.82) is 5.26 Å². The molecule has 2 rings (SSSR count). The molecule has 0 saturated heterocycles. The standard InChI is InChI=1S/C17H16N2O4S/c1-23-16-9-5-4-8-15(16)19-17(20)12-24(21,22)11-14-7-3-2-6-13(14)10-18/h2-9H,11-12H2,1H3,(H,19,20). The van der Waals surface area contributed by atoms with E-state index in [9.17, 15) is 13.2 Å². The van der Waals surface area contributed by atoms with E-state index >= 15 is 0 Å². The van der Waals surface area contributed by atoms with Crippen LogP contribution in [0.2, 0.25) is 0 Å². The van der Waals surface area contributed by atoms with Crippen molar-refractivity contribution in [2.45, 2.75) is 5.75 Å². The van der Waals surface area contributed by atoms with Gasteiger partial charge in [-0.15, -0.1) is 0 Å². The average molecular weight is 344 g/mol. The maximum Gasteiger partial charge on any atom is 0.239 e. The molecular weight excluding hydrogens is 328 g/mol. The van der Waals surface area contributed by atoms with Gasteiger partial charge in [-0.3, -0.25) is 4.79 Å². The molecule has 1 N–H and O–H groups in total. The molecule has 0 radical (unpaired) electrons. The molecule has 0 heterocycles. The highest BCUT2D eigenvalue weighted by Gasteiger charge is 2.19. The first kappa shape index (κ1) is 17.5. The van der Waals surface area contributed by atoms with Crippen molar-refractivity contribution < 1.29 is 17.9 Å². The van der Waals surface area contributed by atoms with E-state index in [2.05, 4.69) is 5.32 Å². The molecule has 2 aromatic rings. The Morgan fingerprint density at radius 3 is 2.54 bits per heavy atom. The van der Waals surface area contributed by atoms with Gasteiger partial charge < -0.3 is 10.1 Å². The molecule has 0 unspecified atom stereocenters. The van der Waals surface area contributed by atoms with Gasteiger partial charge in [-0.05, 0) is 23.8 Å². The largest absolute Gasteiger partial charge is 0.495 e. The Bertz CT molecular complexity index is 885. The summed E-state index contributed by atoms with van der Waals surface area (Å²) < 4.78 is 29.5. The third-order valence-corrected chi connectivity index (χ3v) is 4.70. The number of rotatable bonds is 6. The van der Waals surface area contributed by atoms with Gasteiger partial charge in [-0.25, -0.2) is 8.42 Å². The van der Waals surface area contributed by atoms with Crippen molar-refractivity contribution in [2.75, 3.05) is 18.2 Å². The van der Waals surface area contributed by atoms with E-state index in [1.54, 1.807) is 48.5 Å². The number of nitriles is 1. The zero-order valence-electron chi connectivity index (χ0n) is 13.0. The summed E-state index contributed by atoms with van der Waals surface area (Å²) in [5, 5.41) is 11.5. The summed E-state index contributed by atoms with van der Waals surface area (Å²) in [5.41, 5.74) is 1.06. The first-order chi connectivity index (χ1) is 11.4. The Hall–Kier alpha value is -2.85. The first-order valence-corrected chi connectivity index (χ1v) is 8.88. The highest BCUT2D eigenvalue weighted by atomic mass is 32.2. The number of benzene rings is 2. The molecule has 2 aromatic carbocycles. The molecule has 0 fully saturated rings. The number of hydrogen-bond acceptors (Lipinski definition) is 5. The Balaban J connectivity index is 2.09. The predicted molar refractivity (Wildman–Crippen MR) is 90.3 cm³/mol. The summed E-state index contributed by atoms with van der Waals surface area (Å²) in [6, 6.07) is 15.1. The van der Waals surface area contributed by atoms with Crippen molar-refractivity contribution in [3.8, 4) is 11.8 Å². The number of carbonyl (C=O) groups is 1. The molecule has 0 atom stereocenters.